The van der Waals surface area contributed by atoms with Gasteiger partial charge in [0.25, 0.3) is 0 Å². The zero-order chi connectivity index (χ0) is 14.3. The van der Waals surface area contributed by atoms with Crippen molar-refractivity contribution >= 4 is 44.2 Å². The molecule has 20 heavy (non-hydrogen) atoms. The SMILES string of the molecule is Cc1ccc(C(=O)c2c[nH]c3c(Cl)cccc23)c(Br)c1. The molecule has 1 heterocycles. The summed E-state index contributed by atoms with van der Waals surface area (Å²) in [6.07, 6.45) is 1.71. The molecule has 4 heteroatoms. The Morgan fingerprint density at radius 3 is 2.75 bits per heavy atom. The molecule has 0 spiro atoms. The van der Waals surface area contributed by atoms with Crippen molar-refractivity contribution in [3.8, 4) is 0 Å². The number of aryl methyl sites for hydroxylation is 1. The lowest BCUT2D eigenvalue weighted by Gasteiger charge is -2.04. The van der Waals surface area contributed by atoms with Crippen molar-refractivity contribution in [3.05, 3.63) is 68.8 Å². The number of hydrogen-bond acceptors (Lipinski definition) is 1. The monoisotopic (exact) mass is 347 g/mol. The molecule has 0 saturated carbocycles. The number of aromatic amines is 1. The molecule has 0 unspecified atom stereocenters. The molecule has 0 aliphatic carbocycles. The summed E-state index contributed by atoms with van der Waals surface area (Å²) in [6, 6.07) is 11.3. The van der Waals surface area contributed by atoms with Crippen LogP contribution in [0.3, 0.4) is 0 Å². The van der Waals surface area contributed by atoms with E-state index < -0.39 is 0 Å². The first-order chi connectivity index (χ1) is 9.58. The fourth-order valence-electron chi connectivity index (χ4n) is 2.25. The molecule has 0 fully saturated rings. The number of H-pyrrole nitrogens is 1. The average Bonchev–Trinajstić information content (AvgIpc) is 2.83. The Bertz CT molecular complexity index is 822. The topological polar surface area (TPSA) is 32.9 Å². The van der Waals surface area contributed by atoms with Crippen LogP contribution in [0.2, 0.25) is 5.02 Å². The Morgan fingerprint density at radius 1 is 1.20 bits per heavy atom. The van der Waals surface area contributed by atoms with Crippen LogP contribution in [0.25, 0.3) is 10.9 Å². The normalized spacial score (nSPS) is 10.9. The van der Waals surface area contributed by atoms with Crippen molar-refractivity contribution in [1.29, 1.82) is 0 Å². The van der Waals surface area contributed by atoms with Gasteiger partial charge in [0.1, 0.15) is 0 Å². The van der Waals surface area contributed by atoms with Crippen LogP contribution in [0.1, 0.15) is 21.5 Å². The second-order valence-corrected chi connectivity index (χ2v) is 5.94. The number of nitrogens with one attached hydrogen (secondary N) is 1. The van der Waals surface area contributed by atoms with Crippen molar-refractivity contribution in [2.24, 2.45) is 0 Å². The molecule has 3 rings (SSSR count). The number of benzene rings is 2. The maximum absolute atomic E-state index is 12.7. The summed E-state index contributed by atoms with van der Waals surface area (Å²) < 4.78 is 0.805. The molecule has 0 aliphatic heterocycles. The van der Waals surface area contributed by atoms with Crippen LogP contribution in [-0.2, 0) is 0 Å². The Balaban J connectivity index is 2.16. The number of rotatable bonds is 2. The molecule has 0 bridgehead atoms. The van der Waals surface area contributed by atoms with Gasteiger partial charge in [0.05, 0.1) is 10.5 Å². The predicted octanol–water partition coefficient (Wildman–Crippen LogP) is 5.12. The first-order valence-electron chi connectivity index (χ1n) is 6.14. The first-order valence-corrected chi connectivity index (χ1v) is 7.31. The molecule has 0 aliphatic rings. The molecule has 0 radical (unpaired) electrons. The van der Waals surface area contributed by atoms with Crippen molar-refractivity contribution < 1.29 is 4.79 Å². The number of fused-ring (bicyclic) bond motifs is 1. The maximum atomic E-state index is 12.7. The van der Waals surface area contributed by atoms with E-state index in [0.717, 1.165) is 20.9 Å². The molecule has 1 aromatic heterocycles. The number of aromatic nitrogens is 1. The number of halogens is 2. The minimum atomic E-state index is -0.0228. The second kappa shape index (κ2) is 5.08. The third kappa shape index (κ3) is 2.17. The summed E-state index contributed by atoms with van der Waals surface area (Å²) in [5.41, 5.74) is 3.18. The lowest BCUT2D eigenvalue weighted by atomic mass is 10.0. The van der Waals surface area contributed by atoms with Gasteiger partial charge >= 0.3 is 0 Å². The Hall–Kier alpha value is -1.58. The van der Waals surface area contributed by atoms with Gasteiger partial charge in [-0.1, -0.05) is 45.7 Å². The third-order valence-electron chi connectivity index (χ3n) is 3.28. The highest BCUT2D eigenvalue weighted by atomic mass is 79.9. The zero-order valence-corrected chi connectivity index (χ0v) is 13.0. The highest BCUT2D eigenvalue weighted by molar-refractivity contribution is 9.10. The van der Waals surface area contributed by atoms with Gasteiger partial charge in [0.2, 0.25) is 0 Å². The number of carbonyl (C=O) groups is 1. The summed E-state index contributed by atoms with van der Waals surface area (Å²) in [7, 11) is 0. The van der Waals surface area contributed by atoms with Crippen molar-refractivity contribution in [1.82, 2.24) is 4.98 Å². The molecule has 0 saturated heterocycles. The van der Waals surface area contributed by atoms with Crippen LogP contribution in [0.5, 0.6) is 0 Å². The van der Waals surface area contributed by atoms with E-state index in [1.807, 2.05) is 37.3 Å². The van der Waals surface area contributed by atoms with Gasteiger partial charge in [-0.15, -0.1) is 0 Å². The lowest BCUT2D eigenvalue weighted by Crippen LogP contribution is -2.01. The number of carbonyl (C=O) groups excluding carboxylic acids is 1. The van der Waals surface area contributed by atoms with E-state index in [-0.39, 0.29) is 5.78 Å². The summed E-state index contributed by atoms with van der Waals surface area (Å²) >= 11 is 9.58. The van der Waals surface area contributed by atoms with Crippen LogP contribution in [0.15, 0.2) is 47.1 Å². The number of ketones is 1. The quantitative estimate of drug-likeness (QED) is 0.640. The number of para-hydroxylation sites is 1. The van der Waals surface area contributed by atoms with E-state index in [1.54, 1.807) is 12.3 Å². The van der Waals surface area contributed by atoms with E-state index in [0.29, 0.717) is 16.1 Å². The second-order valence-electron chi connectivity index (χ2n) is 4.68. The first kappa shape index (κ1) is 13.4. The van der Waals surface area contributed by atoms with E-state index in [9.17, 15) is 4.79 Å². The van der Waals surface area contributed by atoms with Gasteiger partial charge in [0, 0.05) is 27.2 Å². The van der Waals surface area contributed by atoms with Gasteiger partial charge in [-0.3, -0.25) is 4.79 Å². The zero-order valence-electron chi connectivity index (χ0n) is 10.7. The van der Waals surface area contributed by atoms with Gasteiger partial charge in [-0.25, -0.2) is 0 Å². The largest absolute Gasteiger partial charge is 0.359 e. The maximum Gasteiger partial charge on any atom is 0.196 e. The average molecular weight is 349 g/mol. The minimum absolute atomic E-state index is 0.0228. The summed E-state index contributed by atoms with van der Waals surface area (Å²) in [4.78, 5) is 15.7. The Morgan fingerprint density at radius 2 is 2.00 bits per heavy atom. The standard InChI is InChI=1S/C16H11BrClNO/c1-9-5-6-11(13(17)7-9)16(20)12-8-19-15-10(12)3-2-4-14(15)18/h2-8,19H,1H3. The van der Waals surface area contributed by atoms with Gasteiger partial charge in [0.15, 0.2) is 5.78 Å². The molecular formula is C16H11BrClNO. The van der Waals surface area contributed by atoms with Crippen LogP contribution < -0.4 is 0 Å². The van der Waals surface area contributed by atoms with Crippen molar-refractivity contribution in [3.63, 3.8) is 0 Å². The summed E-state index contributed by atoms with van der Waals surface area (Å²) in [5.74, 6) is -0.0228. The van der Waals surface area contributed by atoms with Crippen molar-refractivity contribution in [2.75, 3.05) is 0 Å². The fraction of sp³-hybridized carbons (Fsp3) is 0.0625. The predicted molar refractivity (Wildman–Crippen MR) is 85.6 cm³/mol. The molecule has 1 N–H and O–H groups in total. The highest BCUT2D eigenvalue weighted by Gasteiger charge is 2.17. The van der Waals surface area contributed by atoms with E-state index in [2.05, 4.69) is 20.9 Å². The Labute approximate surface area is 129 Å². The molecular weight excluding hydrogens is 338 g/mol. The van der Waals surface area contributed by atoms with Crippen molar-refractivity contribution in [2.45, 2.75) is 6.92 Å². The third-order valence-corrected chi connectivity index (χ3v) is 4.25. The molecule has 100 valence electrons. The lowest BCUT2D eigenvalue weighted by molar-refractivity contribution is 0.103. The molecule has 0 amide bonds. The Kier molecular flexibility index (Phi) is 3.40. The molecule has 2 nitrogen and oxygen atoms in total. The fourth-order valence-corrected chi connectivity index (χ4v) is 3.16. The van der Waals surface area contributed by atoms with E-state index in [1.165, 1.54) is 0 Å². The molecule has 2 aromatic carbocycles. The van der Waals surface area contributed by atoms with E-state index >= 15 is 0 Å². The van der Waals surface area contributed by atoms with Crippen LogP contribution in [0, 0.1) is 6.92 Å². The highest BCUT2D eigenvalue weighted by Crippen LogP contribution is 2.28. The van der Waals surface area contributed by atoms with Crippen LogP contribution in [-0.4, -0.2) is 10.8 Å². The summed E-state index contributed by atoms with van der Waals surface area (Å²) in [6.45, 7) is 1.99. The van der Waals surface area contributed by atoms with Crippen LogP contribution >= 0.6 is 27.5 Å². The number of hydrogen-bond donors (Lipinski definition) is 1. The van der Waals surface area contributed by atoms with Gasteiger partial charge in [-0.05, 0) is 30.7 Å². The summed E-state index contributed by atoms with van der Waals surface area (Å²) in [5, 5.41) is 1.46. The molecule has 0 atom stereocenters. The smallest absolute Gasteiger partial charge is 0.196 e. The van der Waals surface area contributed by atoms with E-state index in [4.69, 9.17) is 11.6 Å². The molecule has 3 aromatic rings. The van der Waals surface area contributed by atoms with Gasteiger partial charge < -0.3 is 4.98 Å². The minimum Gasteiger partial charge on any atom is -0.359 e. The van der Waals surface area contributed by atoms with Gasteiger partial charge in [-0.2, -0.15) is 0 Å². The van der Waals surface area contributed by atoms with Crippen LogP contribution in [0.4, 0.5) is 0 Å².